The third-order valence-corrected chi connectivity index (χ3v) is 2.95. The van der Waals surface area contributed by atoms with Crippen molar-refractivity contribution in [2.45, 2.75) is 39.5 Å². The molecule has 0 saturated carbocycles. The van der Waals surface area contributed by atoms with E-state index in [4.69, 9.17) is 10.4 Å². The summed E-state index contributed by atoms with van der Waals surface area (Å²) in [4.78, 5) is 0.355. The predicted molar refractivity (Wildman–Crippen MR) is 68.6 cm³/mol. The van der Waals surface area contributed by atoms with Crippen LogP contribution in [0.25, 0.3) is 0 Å². The number of rotatable bonds is 11. The van der Waals surface area contributed by atoms with Crippen LogP contribution in [0.2, 0.25) is 0 Å². The molecule has 0 unspecified atom stereocenters. The average molecular weight is 338 g/mol. The largest absolute Gasteiger partial charge is 1.00 e. The minimum Gasteiger partial charge on any atom is -0.569 e. The molecule has 0 aliphatic heterocycles. The van der Waals surface area contributed by atoms with Gasteiger partial charge in [-0.1, -0.05) is 12.8 Å². The minimum atomic E-state index is 0. The molecular weight excluding hydrogens is 314 g/mol. The van der Waals surface area contributed by atoms with Gasteiger partial charge in [-0.2, -0.15) is 0 Å². The van der Waals surface area contributed by atoms with Crippen LogP contribution in [0, 0.1) is 10.4 Å². The Balaban J connectivity index is -0.00000180. The van der Waals surface area contributed by atoms with Crippen molar-refractivity contribution in [1.29, 1.82) is 0 Å². The first kappa shape index (κ1) is 26.9. The van der Waals surface area contributed by atoms with Crippen molar-refractivity contribution >= 4 is 0 Å². The van der Waals surface area contributed by atoms with Gasteiger partial charge in [0, 0.05) is 0 Å². The van der Waals surface area contributed by atoms with E-state index in [-0.39, 0.29) is 69.1 Å². The summed E-state index contributed by atoms with van der Waals surface area (Å²) >= 11 is 0. The molecule has 0 amide bonds. The maximum absolute atomic E-state index is 11.0. The molecule has 0 aromatic rings. The summed E-state index contributed by atoms with van der Waals surface area (Å²) in [6, 6.07) is 0. The van der Waals surface area contributed by atoms with Crippen molar-refractivity contribution in [3.05, 3.63) is 10.4 Å². The zero-order valence-corrected chi connectivity index (χ0v) is 18.1. The van der Waals surface area contributed by atoms with Crippen molar-refractivity contribution < 1.29 is 79.5 Å². The standard InChI is InChI=1S/C10H24N6O4.2Na/c1-3-13(15(19)11-17)9-7-5-6-8-10-14(4-2)16(20)12-18;;/h17-18H,3-10H2,1-2H3;;/q;2*+1. The monoisotopic (exact) mass is 338 g/mol. The molecule has 0 atom stereocenters. The van der Waals surface area contributed by atoms with Gasteiger partial charge in [-0.15, -0.1) is 10.0 Å². The molecule has 0 radical (unpaired) electrons. The van der Waals surface area contributed by atoms with Crippen LogP contribution >= 0.6 is 0 Å². The third kappa shape index (κ3) is 11.6. The minimum absolute atomic E-state index is 0. The second-order valence-corrected chi connectivity index (χ2v) is 4.19. The maximum atomic E-state index is 11.0. The summed E-state index contributed by atoms with van der Waals surface area (Å²) in [5.74, 6) is 0. The molecule has 0 bridgehead atoms. The molecular formula is C10H24N6Na2O4+2. The first-order valence-electron chi connectivity index (χ1n) is 6.74. The SMILES string of the molecule is CCN(CCCCCCN(CC)[N+]([O-])=NO)[N+]([O-])=NO.[Na+].[Na+]. The van der Waals surface area contributed by atoms with Crippen LogP contribution in [0.3, 0.4) is 0 Å². The molecule has 118 valence electrons. The second kappa shape index (κ2) is 17.4. The molecule has 0 rings (SSSR count). The third-order valence-electron chi connectivity index (χ3n) is 2.95. The normalized spacial score (nSPS) is 11.4. The van der Waals surface area contributed by atoms with Gasteiger partial charge in [-0.25, -0.2) is 0 Å². The molecule has 2 N–H and O–H groups in total. The fraction of sp³-hybridized carbons (Fsp3) is 1.00. The van der Waals surface area contributed by atoms with Crippen LogP contribution in [0.1, 0.15) is 39.5 Å². The fourth-order valence-electron chi connectivity index (χ4n) is 1.78. The average Bonchev–Trinajstić information content (AvgIpc) is 2.48. The quantitative estimate of drug-likeness (QED) is 0.129. The van der Waals surface area contributed by atoms with Gasteiger partial charge in [0.1, 0.15) is 0 Å². The maximum Gasteiger partial charge on any atom is 1.00 e. The van der Waals surface area contributed by atoms with E-state index in [2.05, 4.69) is 10.6 Å². The van der Waals surface area contributed by atoms with Gasteiger partial charge in [0.15, 0.2) is 0 Å². The van der Waals surface area contributed by atoms with E-state index in [1.165, 1.54) is 10.0 Å². The van der Waals surface area contributed by atoms with Crippen molar-refractivity contribution in [3.8, 4) is 0 Å². The fourth-order valence-corrected chi connectivity index (χ4v) is 1.78. The molecule has 22 heavy (non-hydrogen) atoms. The first-order valence-corrected chi connectivity index (χ1v) is 6.74. The Morgan fingerprint density at radius 3 is 1.32 bits per heavy atom. The van der Waals surface area contributed by atoms with Crippen molar-refractivity contribution in [2.75, 3.05) is 26.2 Å². The topological polar surface area (TPSA) is 124 Å². The zero-order valence-electron chi connectivity index (χ0n) is 14.1. The van der Waals surface area contributed by atoms with E-state index >= 15 is 0 Å². The van der Waals surface area contributed by atoms with Crippen LogP contribution in [0.5, 0.6) is 0 Å². The summed E-state index contributed by atoms with van der Waals surface area (Å²) in [5, 5.41) is 46.7. The van der Waals surface area contributed by atoms with Gasteiger partial charge in [-0.05, 0) is 26.7 Å². The smallest absolute Gasteiger partial charge is 0.569 e. The van der Waals surface area contributed by atoms with Gasteiger partial charge < -0.3 is 20.8 Å². The number of nitrogens with zero attached hydrogens (tertiary/aromatic N) is 6. The molecule has 0 aliphatic carbocycles. The van der Waals surface area contributed by atoms with Crippen molar-refractivity contribution in [3.63, 3.8) is 0 Å². The predicted octanol–water partition coefficient (Wildman–Crippen LogP) is -4.27. The van der Waals surface area contributed by atoms with E-state index in [0.717, 1.165) is 25.7 Å². The van der Waals surface area contributed by atoms with Crippen LogP contribution in [-0.2, 0) is 0 Å². The van der Waals surface area contributed by atoms with Gasteiger partial charge in [0.25, 0.3) is 0 Å². The Kier molecular flexibility index (Phi) is 21.2. The van der Waals surface area contributed by atoms with E-state index in [1.54, 1.807) is 13.8 Å². The number of unbranched alkanes of at least 4 members (excludes halogenated alkanes) is 3. The molecule has 0 aliphatic rings. The summed E-state index contributed by atoms with van der Waals surface area (Å²) in [6.45, 7) is 5.58. The van der Waals surface area contributed by atoms with Crippen LogP contribution in [0.4, 0.5) is 0 Å². The van der Waals surface area contributed by atoms with Crippen molar-refractivity contribution in [1.82, 2.24) is 10.0 Å². The number of hydrazine groups is 2. The Labute approximate surface area is 175 Å². The van der Waals surface area contributed by atoms with Crippen molar-refractivity contribution in [2.24, 2.45) is 10.6 Å². The van der Waals surface area contributed by atoms with Gasteiger partial charge in [-0.3, -0.25) is 0 Å². The van der Waals surface area contributed by atoms with Crippen LogP contribution < -0.4 is 59.1 Å². The van der Waals surface area contributed by atoms with Crippen LogP contribution in [0.15, 0.2) is 10.6 Å². The molecule has 10 nitrogen and oxygen atoms in total. The van der Waals surface area contributed by atoms with E-state index in [9.17, 15) is 10.4 Å². The summed E-state index contributed by atoms with van der Waals surface area (Å²) < 4.78 is 0. The summed E-state index contributed by atoms with van der Waals surface area (Å²) in [6.07, 6.45) is 3.37. The molecule has 0 saturated heterocycles. The van der Waals surface area contributed by atoms with E-state index in [0.29, 0.717) is 26.2 Å². The Hall–Kier alpha value is 0.000000000000000222. The Morgan fingerprint density at radius 1 is 0.773 bits per heavy atom. The first-order chi connectivity index (χ1) is 9.60. The van der Waals surface area contributed by atoms with Gasteiger partial charge >= 0.3 is 59.1 Å². The molecule has 0 spiro atoms. The molecule has 0 heterocycles. The van der Waals surface area contributed by atoms with Crippen LogP contribution in [-0.4, -0.2) is 56.6 Å². The molecule has 0 fully saturated rings. The Morgan fingerprint density at radius 2 is 1.09 bits per heavy atom. The zero-order chi connectivity index (χ0) is 15.4. The van der Waals surface area contributed by atoms with E-state index < -0.39 is 0 Å². The summed E-state index contributed by atoms with van der Waals surface area (Å²) in [5.41, 5.74) is 0. The number of hydrogen-bond acceptors (Lipinski definition) is 4. The van der Waals surface area contributed by atoms with E-state index in [1.807, 2.05) is 0 Å². The molecule has 0 aromatic carbocycles. The van der Waals surface area contributed by atoms with Gasteiger partial charge in [0.2, 0.25) is 10.6 Å². The Bertz CT molecular complexity index is 292. The molecule has 0 aromatic heterocycles. The summed E-state index contributed by atoms with van der Waals surface area (Å²) in [7, 11) is 0. The molecule has 12 heteroatoms. The van der Waals surface area contributed by atoms with Gasteiger partial charge in [0.05, 0.1) is 36.1 Å². The number of hydrogen-bond donors (Lipinski definition) is 2. The second-order valence-electron chi connectivity index (χ2n) is 4.19.